The van der Waals surface area contributed by atoms with Crippen LogP contribution in [-0.2, 0) is 0 Å². The highest BCUT2D eigenvalue weighted by Crippen LogP contribution is 2.31. The molecule has 0 unspecified atom stereocenters. The molecule has 1 aromatic rings. The molecule has 0 spiro atoms. The molecule has 2 N–H and O–H groups in total. The van der Waals surface area contributed by atoms with E-state index in [1.54, 1.807) is 0 Å². The van der Waals surface area contributed by atoms with Gasteiger partial charge in [-0.1, -0.05) is 64.5 Å². The minimum Gasteiger partial charge on any atom is -0.327 e. The van der Waals surface area contributed by atoms with E-state index in [-0.39, 0.29) is 0 Å². The van der Waals surface area contributed by atoms with Gasteiger partial charge in [0.1, 0.15) is 0 Å². The normalized spacial score (nSPS) is 18.1. The van der Waals surface area contributed by atoms with Crippen molar-refractivity contribution in [3.63, 3.8) is 0 Å². The fraction of sp³-hybridized carbons (Fsp3) is 0.467. The van der Waals surface area contributed by atoms with E-state index in [0.717, 1.165) is 15.1 Å². The molecule has 0 bridgehead atoms. The molecule has 0 heterocycles. The van der Waals surface area contributed by atoms with Gasteiger partial charge in [-0.2, -0.15) is 0 Å². The zero-order chi connectivity index (χ0) is 13.0. The summed E-state index contributed by atoms with van der Waals surface area (Å²) in [5.41, 5.74) is 8.33. The van der Waals surface area contributed by atoms with Gasteiger partial charge in [0.25, 0.3) is 0 Å². The third-order valence-electron chi connectivity index (χ3n) is 3.67. The van der Waals surface area contributed by atoms with Crippen LogP contribution in [0, 0.1) is 5.92 Å². The molecule has 98 valence electrons. The van der Waals surface area contributed by atoms with Gasteiger partial charge < -0.3 is 5.73 Å². The number of rotatable bonds is 3. The Morgan fingerprint density at radius 2 is 2.06 bits per heavy atom. The Balaban J connectivity index is 2.22. The topological polar surface area (TPSA) is 26.0 Å². The lowest BCUT2D eigenvalue weighted by Crippen LogP contribution is -2.16. The van der Waals surface area contributed by atoms with Gasteiger partial charge in [-0.05, 0) is 36.5 Å². The van der Waals surface area contributed by atoms with E-state index in [4.69, 9.17) is 17.3 Å². The number of benzene rings is 1. The van der Waals surface area contributed by atoms with Crippen molar-refractivity contribution in [2.45, 2.75) is 32.1 Å². The summed E-state index contributed by atoms with van der Waals surface area (Å²) in [6.07, 6.45) is 8.76. The van der Waals surface area contributed by atoms with Crippen molar-refractivity contribution in [2.75, 3.05) is 6.54 Å². The molecule has 1 aliphatic carbocycles. The second-order valence-electron chi connectivity index (χ2n) is 4.92. The van der Waals surface area contributed by atoms with E-state index >= 15 is 0 Å². The third-order valence-corrected chi connectivity index (χ3v) is 4.49. The molecule has 1 saturated carbocycles. The lowest BCUT2D eigenvalue weighted by molar-refractivity contribution is 0.401. The lowest BCUT2D eigenvalue weighted by Gasteiger charge is -2.24. The SMILES string of the molecule is NC/C(=C/c1ccc(Br)cc1Cl)C1CCCCC1. The predicted molar refractivity (Wildman–Crippen MR) is 82.8 cm³/mol. The first kappa shape index (κ1) is 14.1. The molecule has 0 aliphatic heterocycles. The summed E-state index contributed by atoms with van der Waals surface area (Å²) in [7, 11) is 0. The summed E-state index contributed by atoms with van der Waals surface area (Å²) >= 11 is 9.68. The highest BCUT2D eigenvalue weighted by atomic mass is 79.9. The minimum absolute atomic E-state index is 0.636. The van der Waals surface area contributed by atoms with E-state index in [2.05, 4.69) is 22.0 Å². The van der Waals surface area contributed by atoms with Crippen molar-refractivity contribution in [3.05, 3.63) is 38.8 Å². The van der Waals surface area contributed by atoms with Gasteiger partial charge in [-0.25, -0.2) is 0 Å². The van der Waals surface area contributed by atoms with Crippen molar-refractivity contribution in [3.8, 4) is 0 Å². The minimum atomic E-state index is 0.636. The molecule has 0 amide bonds. The molecule has 0 radical (unpaired) electrons. The molecular weight excluding hydrogens is 310 g/mol. The first-order valence-electron chi connectivity index (χ1n) is 6.56. The standard InChI is InChI=1S/C15H19BrClN/c16-14-7-6-12(15(17)9-14)8-13(10-18)11-4-2-1-3-5-11/h6-9,11H,1-5,10,18H2/b13-8-. The van der Waals surface area contributed by atoms with Gasteiger partial charge in [-0.15, -0.1) is 0 Å². The monoisotopic (exact) mass is 327 g/mol. The van der Waals surface area contributed by atoms with Crippen LogP contribution in [0.25, 0.3) is 6.08 Å². The van der Waals surface area contributed by atoms with Crippen LogP contribution in [-0.4, -0.2) is 6.54 Å². The third kappa shape index (κ3) is 3.59. The van der Waals surface area contributed by atoms with Crippen LogP contribution in [0.4, 0.5) is 0 Å². The largest absolute Gasteiger partial charge is 0.327 e. The van der Waals surface area contributed by atoms with E-state index in [1.165, 1.54) is 37.7 Å². The first-order valence-corrected chi connectivity index (χ1v) is 7.73. The van der Waals surface area contributed by atoms with Gasteiger partial charge in [0.15, 0.2) is 0 Å². The zero-order valence-corrected chi connectivity index (χ0v) is 12.8. The van der Waals surface area contributed by atoms with Gasteiger partial charge >= 0.3 is 0 Å². The van der Waals surface area contributed by atoms with Crippen LogP contribution in [0.1, 0.15) is 37.7 Å². The lowest BCUT2D eigenvalue weighted by atomic mass is 9.83. The van der Waals surface area contributed by atoms with Crippen LogP contribution in [0.3, 0.4) is 0 Å². The molecule has 18 heavy (non-hydrogen) atoms. The Bertz CT molecular complexity index is 436. The van der Waals surface area contributed by atoms with Gasteiger partial charge in [-0.3, -0.25) is 0 Å². The van der Waals surface area contributed by atoms with Crippen LogP contribution < -0.4 is 5.73 Å². The summed E-state index contributed by atoms with van der Waals surface area (Å²) in [5.74, 6) is 0.656. The molecule has 1 aromatic carbocycles. The summed E-state index contributed by atoms with van der Waals surface area (Å²) in [6.45, 7) is 0.636. The fourth-order valence-electron chi connectivity index (χ4n) is 2.64. The number of halogens is 2. The molecule has 3 heteroatoms. The number of nitrogens with two attached hydrogens (primary N) is 1. The van der Waals surface area contributed by atoms with Crippen molar-refractivity contribution in [2.24, 2.45) is 11.7 Å². The van der Waals surface area contributed by atoms with Crippen LogP contribution >= 0.6 is 27.5 Å². The molecule has 0 atom stereocenters. The predicted octanol–water partition coefficient (Wildman–Crippen LogP) is 5.02. The summed E-state index contributed by atoms with van der Waals surface area (Å²) in [6, 6.07) is 6.00. The van der Waals surface area contributed by atoms with Crippen LogP contribution in [0.5, 0.6) is 0 Å². The zero-order valence-electron chi connectivity index (χ0n) is 10.5. The van der Waals surface area contributed by atoms with E-state index < -0.39 is 0 Å². The summed E-state index contributed by atoms with van der Waals surface area (Å²) in [5, 5.41) is 0.783. The molecule has 1 fully saturated rings. The Morgan fingerprint density at radius 3 is 2.67 bits per heavy atom. The summed E-state index contributed by atoms with van der Waals surface area (Å²) < 4.78 is 1.01. The molecule has 1 aliphatic rings. The van der Waals surface area contributed by atoms with Crippen LogP contribution in [0.15, 0.2) is 28.2 Å². The molecule has 2 rings (SSSR count). The highest BCUT2D eigenvalue weighted by molar-refractivity contribution is 9.10. The van der Waals surface area contributed by atoms with Gasteiger partial charge in [0, 0.05) is 16.0 Å². The van der Waals surface area contributed by atoms with E-state index in [0.29, 0.717) is 12.5 Å². The van der Waals surface area contributed by atoms with Crippen molar-refractivity contribution < 1.29 is 0 Å². The maximum atomic E-state index is 6.25. The van der Waals surface area contributed by atoms with Crippen molar-refractivity contribution in [1.29, 1.82) is 0 Å². The van der Waals surface area contributed by atoms with E-state index in [1.807, 2.05) is 18.2 Å². The maximum absolute atomic E-state index is 6.25. The smallest absolute Gasteiger partial charge is 0.0489 e. The second-order valence-corrected chi connectivity index (χ2v) is 6.25. The molecular formula is C15H19BrClN. The average molecular weight is 329 g/mol. The average Bonchev–Trinajstić information content (AvgIpc) is 2.39. The molecule has 0 aromatic heterocycles. The Kier molecular flexibility index (Phi) is 5.28. The van der Waals surface area contributed by atoms with Crippen molar-refractivity contribution in [1.82, 2.24) is 0 Å². The number of hydrogen-bond donors (Lipinski definition) is 1. The van der Waals surface area contributed by atoms with Gasteiger partial charge in [0.05, 0.1) is 0 Å². The molecule has 0 saturated heterocycles. The van der Waals surface area contributed by atoms with Crippen LogP contribution in [0.2, 0.25) is 5.02 Å². The highest BCUT2D eigenvalue weighted by Gasteiger charge is 2.17. The number of hydrogen-bond acceptors (Lipinski definition) is 1. The van der Waals surface area contributed by atoms with Crippen molar-refractivity contribution >= 4 is 33.6 Å². The van der Waals surface area contributed by atoms with E-state index in [9.17, 15) is 0 Å². The first-order chi connectivity index (χ1) is 8.70. The Hall–Kier alpha value is -0.310. The Labute approximate surface area is 123 Å². The van der Waals surface area contributed by atoms with Gasteiger partial charge in [0.2, 0.25) is 0 Å². The fourth-order valence-corrected chi connectivity index (χ4v) is 3.36. The summed E-state index contributed by atoms with van der Waals surface area (Å²) in [4.78, 5) is 0. The quantitative estimate of drug-likeness (QED) is 0.828. The Morgan fingerprint density at radius 1 is 1.33 bits per heavy atom. The maximum Gasteiger partial charge on any atom is 0.0489 e. The molecule has 1 nitrogen and oxygen atoms in total. The second kappa shape index (κ2) is 6.74.